The molecule has 14 atom stereocenters. The number of carboxylic acid groups (broad SMARTS) is 3. The van der Waals surface area contributed by atoms with E-state index in [0.29, 0.717) is 40.8 Å². The molecule has 43 heteroatoms. The van der Waals surface area contributed by atoms with E-state index >= 15 is 14.4 Å². The number of carboxylic acids is 3. The van der Waals surface area contributed by atoms with Crippen LogP contribution < -0.4 is 75.3 Å². The first-order chi connectivity index (χ1) is 57.7. The number of aliphatic hydroxyl groups excluding tert-OH is 1. The Morgan fingerprint density at radius 2 is 1.16 bits per heavy atom. The van der Waals surface area contributed by atoms with E-state index in [-0.39, 0.29) is 87.5 Å². The van der Waals surface area contributed by atoms with Gasteiger partial charge >= 0.3 is 17.9 Å². The number of benzene rings is 3. The van der Waals surface area contributed by atoms with Crippen molar-refractivity contribution in [2.24, 2.45) is 11.5 Å². The molecule has 0 spiro atoms. The molecule has 121 heavy (non-hydrogen) atoms. The number of fused-ring (bicyclic) bond motifs is 4. The number of primary amides is 1. The summed E-state index contributed by atoms with van der Waals surface area (Å²) in [5.74, 6) is -18.5. The normalized spacial score (nSPS) is 20.7. The van der Waals surface area contributed by atoms with Crippen LogP contribution in [0, 0.1) is 5.41 Å². The van der Waals surface area contributed by atoms with E-state index in [1.807, 2.05) is 6.26 Å². The number of nitrogens with zero attached hydrogens (tertiary/aromatic N) is 3. The van der Waals surface area contributed by atoms with Crippen LogP contribution in [0.5, 0.6) is 0 Å². The molecule has 3 aliphatic rings. The first kappa shape index (κ1) is 96.3. The number of nitrogens with two attached hydrogens (primary N) is 2. The average molecular weight is 1740 g/mol. The second-order valence-electron chi connectivity index (χ2n) is 29.2. The molecule has 656 valence electrons. The van der Waals surface area contributed by atoms with Crippen LogP contribution in [0.1, 0.15) is 112 Å². The number of aliphatic carboxylic acids is 3. The average Bonchev–Trinajstić information content (AvgIpc) is 1.67. The number of aromatic amines is 1. The molecular weight excluding hydrogens is 1640 g/mol. The lowest BCUT2D eigenvalue weighted by atomic mass is 10.0. The monoisotopic (exact) mass is 1740 g/mol. The predicted molar refractivity (Wildman–Crippen MR) is 442 cm³/mol. The summed E-state index contributed by atoms with van der Waals surface area (Å²) in [6, 6.07) is 2.39. The summed E-state index contributed by atoms with van der Waals surface area (Å²) in [6.07, 6.45) is -1.15. The predicted octanol–water partition coefficient (Wildman–Crippen LogP) is -3.35. The Morgan fingerprint density at radius 3 is 1.74 bits per heavy atom. The number of carbonyl (C=O) groups is 17. The highest BCUT2D eigenvalue weighted by Crippen LogP contribution is 2.28. The van der Waals surface area contributed by atoms with E-state index in [1.165, 1.54) is 52.8 Å². The van der Waals surface area contributed by atoms with Crippen LogP contribution in [0.25, 0.3) is 0 Å². The Balaban J connectivity index is 1.25. The molecule has 3 aromatic carbocycles. The Kier molecular flexibility index (Phi) is 38.5. The molecule has 40 nitrogen and oxygen atoms in total. The zero-order chi connectivity index (χ0) is 88.4. The number of hydrogen-bond donors (Lipinski definition) is 20. The number of aromatic nitrogens is 2. The van der Waals surface area contributed by atoms with Crippen LogP contribution in [-0.2, 0) is 112 Å². The van der Waals surface area contributed by atoms with Crippen LogP contribution in [0.3, 0.4) is 0 Å². The third-order valence-corrected chi connectivity index (χ3v) is 22.6. The molecule has 14 amide bonds. The summed E-state index contributed by atoms with van der Waals surface area (Å²) in [5.41, 5.74) is 13.2. The van der Waals surface area contributed by atoms with E-state index in [1.54, 1.807) is 84.9 Å². The number of imidazole rings is 1. The summed E-state index contributed by atoms with van der Waals surface area (Å²) in [4.78, 5) is 248. The fourth-order valence-corrected chi connectivity index (χ4v) is 16.1. The van der Waals surface area contributed by atoms with Crippen molar-refractivity contribution in [3.05, 3.63) is 125 Å². The van der Waals surface area contributed by atoms with Gasteiger partial charge < -0.3 is 110 Å². The largest absolute Gasteiger partial charge is 0.481 e. The number of rotatable bonds is 35. The highest BCUT2D eigenvalue weighted by atomic mass is 32.2. The highest BCUT2D eigenvalue weighted by Gasteiger charge is 2.46. The van der Waals surface area contributed by atoms with Gasteiger partial charge in [-0.25, -0.2) is 4.98 Å². The Labute approximate surface area is 709 Å². The molecule has 1 aromatic heterocycles. The number of H-pyrrole nitrogens is 1. The molecule has 0 aliphatic carbocycles. The molecular formula is C78H105N19O21S3. The van der Waals surface area contributed by atoms with Gasteiger partial charge in [-0.1, -0.05) is 84.9 Å². The summed E-state index contributed by atoms with van der Waals surface area (Å²) in [6.45, 7) is 2.50. The maximum atomic E-state index is 15.2. The number of thioether (sulfide) groups is 3. The smallest absolute Gasteiger partial charge is 0.305 e. The molecule has 22 N–H and O–H groups in total. The number of nitrogens with one attached hydrogen (secondary N) is 14. The molecule has 2 saturated heterocycles. The summed E-state index contributed by atoms with van der Waals surface area (Å²) in [5, 5.41) is 79.0. The second kappa shape index (κ2) is 48.4. The number of carbonyl (C=O) groups excluding carboxylic acids is 14. The Morgan fingerprint density at radius 1 is 0.603 bits per heavy atom. The highest BCUT2D eigenvalue weighted by molar-refractivity contribution is 7.99. The number of hydrogen-bond acceptors (Lipinski definition) is 23. The molecule has 0 radical (unpaired) electrons. The van der Waals surface area contributed by atoms with Crippen molar-refractivity contribution in [1.82, 2.24) is 83.6 Å². The molecule has 7 rings (SSSR count). The molecule has 4 aromatic rings. The zero-order valence-electron chi connectivity index (χ0n) is 66.8. The van der Waals surface area contributed by atoms with Crippen molar-refractivity contribution in [2.75, 3.05) is 43.1 Å². The van der Waals surface area contributed by atoms with Gasteiger partial charge in [-0.15, -0.1) is 0 Å². The minimum absolute atomic E-state index is 0.0119. The Hall–Kier alpha value is -11.9. The van der Waals surface area contributed by atoms with E-state index in [0.717, 1.165) is 18.7 Å². The molecule has 2 bridgehead atoms. The maximum absolute atomic E-state index is 15.2. The Bertz CT molecular complexity index is 4330. The van der Waals surface area contributed by atoms with E-state index in [4.69, 9.17) is 16.9 Å². The van der Waals surface area contributed by atoms with Gasteiger partial charge in [-0.05, 0) is 92.6 Å². The summed E-state index contributed by atoms with van der Waals surface area (Å²) < 4.78 is 0. The van der Waals surface area contributed by atoms with Crippen LogP contribution in [0.15, 0.2) is 97.5 Å². The molecule has 0 saturated carbocycles. The van der Waals surface area contributed by atoms with Crippen molar-refractivity contribution >= 4 is 142 Å². The van der Waals surface area contributed by atoms with Crippen LogP contribution in [-0.4, -0.2) is 275 Å². The lowest BCUT2D eigenvalue weighted by molar-refractivity contribution is -0.148. The standard InChI is InChI=1S/C78H105N19O21S3/c1-42(98)64-75(116)87-50(23-24-61(100)101)67(108)89-54(32-45-16-8-5-9-17-45)70(111)93-57(39-120-37-46-18-10-19-47(30-46)38-121-40-58(94-68(109)51(25-29-119-3)85-43(2)99)76(117)97-28-13-22-60(97)77(118)96-27-12-21-59(96)74(115)95-64)73(114)92-56(35-63(104)105)72(113)91-55(33-48-36-82-41-84-48)71(112)90-53(31-44-14-6-4-7-15-44)69(110)86-49(20-11-26-83-78(80)81)66(107)88-52(65(79)106)34-62(102)103/h4-10,14-19,30,36,41-42,49-60,64,98H,11-13,20-29,31-35,37-40H2,1-3H3,(H2,79,106)(H,82,84)(H,85,99)(H,86,110)(H,87,116)(H,88,107)(H,89,108)(H,90,112)(H,91,113)(H,92,114)(H,93,111)(H,94,109)(H,95,115)(H,100,101)(H,102,103)(H,104,105)(H4,80,81,83)/t42-,49-,50+,51+,52+,53+,54+,55+,56+,57+,58+,59+,60+,64+/m1/s1. The third-order valence-electron chi connectivity index (χ3n) is 19.8. The summed E-state index contributed by atoms with van der Waals surface area (Å²) in [7, 11) is 0. The number of amides is 14. The first-order valence-corrected chi connectivity index (χ1v) is 42.8. The van der Waals surface area contributed by atoms with Gasteiger partial charge in [0.1, 0.15) is 78.5 Å². The minimum Gasteiger partial charge on any atom is -0.481 e. The van der Waals surface area contributed by atoms with E-state index < -0.39 is 229 Å². The molecule has 2 fully saturated rings. The van der Waals surface area contributed by atoms with Crippen molar-refractivity contribution < 1.29 is 102 Å². The van der Waals surface area contributed by atoms with Gasteiger partial charge in [-0.3, -0.25) is 86.9 Å². The van der Waals surface area contributed by atoms with Crippen LogP contribution in [0.4, 0.5) is 0 Å². The lowest BCUT2D eigenvalue weighted by Gasteiger charge is -2.34. The van der Waals surface area contributed by atoms with E-state index in [9.17, 15) is 87.5 Å². The quantitative estimate of drug-likeness (QED) is 0.0122. The third kappa shape index (κ3) is 31.3. The van der Waals surface area contributed by atoms with Crippen molar-refractivity contribution in [2.45, 2.75) is 200 Å². The summed E-state index contributed by atoms with van der Waals surface area (Å²) >= 11 is 3.73. The topological polar surface area (TPSA) is 627 Å². The van der Waals surface area contributed by atoms with Crippen LogP contribution >= 0.6 is 35.3 Å². The van der Waals surface area contributed by atoms with Gasteiger partial charge in [-0.2, -0.15) is 35.3 Å². The lowest BCUT2D eigenvalue weighted by Crippen LogP contribution is -2.62. The second-order valence-corrected chi connectivity index (χ2v) is 32.2. The molecule has 3 aliphatic heterocycles. The maximum Gasteiger partial charge on any atom is 0.305 e. The molecule has 0 unspecified atom stereocenters. The first-order valence-electron chi connectivity index (χ1n) is 39.1. The molecule has 4 heterocycles. The number of guanidine groups is 1. The fraction of sp³-hybridized carbons (Fsp3) is 0.500. The van der Waals surface area contributed by atoms with Gasteiger partial charge in [0.2, 0.25) is 82.7 Å². The van der Waals surface area contributed by atoms with Crippen molar-refractivity contribution in [1.29, 1.82) is 5.41 Å². The zero-order valence-corrected chi connectivity index (χ0v) is 69.3. The number of aliphatic hydroxyl groups is 1. The van der Waals surface area contributed by atoms with Crippen LogP contribution in [0.2, 0.25) is 0 Å². The van der Waals surface area contributed by atoms with E-state index in [2.05, 4.69) is 73.8 Å². The van der Waals surface area contributed by atoms with Crippen molar-refractivity contribution in [3.8, 4) is 0 Å². The fourth-order valence-electron chi connectivity index (χ4n) is 13.6. The SMILES string of the molecule is CSCC[C@H](NC(C)=O)C(=O)N[C@H]1CSCc2cccc(c2)CSC[C@@H](C(=O)N[C@@H](CC(=O)O)C(=O)N[C@@H](Cc2c[nH]cn2)C(=O)N[C@@H](Cc2ccccc2)C(=O)N[C@H](CCCNC(=N)N)C(=O)N[C@@H](CC(=O)O)C(N)=O)NC(=O)[C@H](Cc2ccccc2)NC(=O)[C@H](CCC(=O)O)NC(=O)[C@H]([C@@H](C)O)NC(=O)[C@@H]2CCCN2C(=O)[C@@H]2CCCN2C1=O. The van der Waals surface area contributed by atoms with Crippen molar-refractivity contribution in [3.63, 3.8) is 0 Å². The van der Waals surface area contributed by atoms with Gasteiger partial charge in [0.05, 0.1) is 31.0 Å². The van der Waals surface area contributed by atoms with Gasteiger partial charge in [0, 0.05) is 81.4 Å². The van der Waals surface area contributed by atoms with Gasteiger partial charge in [0.25, 0.3) is 0 Å². The minimum atomic E-state index is -2.11. The van der Waals surface area contributed by atoms with Gasteiger partial charge in [0.15, 0.2) is 5.96 Å².